The molecule has 2 heterocycles. The quantitative estimate of drug-likeness (QED) is 0.866. The summed E-state index contributed by atoms with van der Waals surface area (Å²) in [7, 11) is 1.66. The second kappa shape index (κ2) is 5.14. The van der Waals surface area contributed by atoms with E-state index in [9.17, 15) is 4.79 Å². The molecule has 0 fully saturated rings. The first kappa shape index (κ1) is 12.5. The second-order valence-electron chi connectivity index (χ2n) is 4.15. The van der Waals surface area contributed by atoms with E-state index >= 15 is 0 Å². The maximum Gasteiger partial charge on any atom is 0.337 e. The number of rotatable bonds is 5. The van der Waals surface area contributed by atoms with Crippen LogP contribution in [0.2, 0.25) is 0 Å². The fraction of sp³-hybridized carbons (Fsp3) is 0.417. The molecule has 0 amide bonds. The summed E-state index contributed by atoms with van der Waals surface area (Å²) in [5.41, 5.74) is 0.878. The van der Waals surface area contributed by atoms with Gasteiger partial charge in [0, 0.05) is 19.7 Å². The molecule has 0 aliphatic carbocycles. The summed E-state index contributed by atoms with van der Waals surface area (Å²) in [6.07, 6.45) is 3.19. The molecule has 0 radical (unpaired) electrons. The monoisotopic (exact) mass is 249 g/mol. The van der Waals surface area contributed by atoms with Gasteiger partial charge < -0.3 is 9.84 Å². The molecule has 0 spiro atoms. The third kappa shape index (κ3) is 2.48. The van der Waals surface area contributed by atoms with E-state index in [0.717, 1.165) is 12.2 Å². The zero-order valence-corrected chi connectivity index (χ0v) is 10.3. The molecule has 1 unspecified atom stereocenters. The third-order valence-electron chi connectivity index (χ3n) is 2.90. The van der Waals surface area contributed by atoms with Gasteiger partial charge in [-0.05, 0) is 25.5 Å². The van der Waals surface area contributed by atoms with Crippen LogP contribution < -0.4 is 0 Å². The van der Waals surface area contributed by atoms with E-state index in [1.165, 1.54) is 6.07 Å². The maximum absolute atomic E-state index is 10.9. The molecule has 2 rings (SSSR count). The number of fused-ring (bicyclic) bond motifs is 1. The Balaban J connectivity index is 2.28. The summed E-state index contributed by atoms with van der Waals surface area (Å²) in [6.45, 7) is 1.98. The van der Waals surface area contributed by atoms with Crippen molar-refractivity contribution in [2.24, 2.45) is 0 Å². The van der Waals surface area contributed by atoms with Gasteiger partial charge in [-0.3, -0.25) is 4.40 Å². The van der Waals surface area contributed by atoms with E-state index in [1.807, 2.05) is 6.92 Å². The largest absolute Gasteiger partial charge is 0.478 e. The molecule has 18 heavy (non-hydrogen) atoms. The highest BCUT2D eigenvalue weighted by atomic mass is 16.5. The van der Waals surface area contributed by atoms with Crippen LogP contribution in [-0.4, -0.2) is 38.9 Å². The molecule has 6 nitrogen and oxygen atoms in total. The molecular formula is C12H15N3O3. The van der Waals surface area contributed by atoms with E-state index in [1.54, 1.807) is 23.8 Å². The standard InChI is InChI=1S/C12H15N3O3/c1-8(18-2)3-5-10-13-14-11-6-4-9(12(16)17)7-15(10)11/h4,6-8H,3,5H2,1-2H3,(H,16,17). The van der Waals surface area contributed by atoms with Gasteiger partial charge in [-0.15, -0.1) is 10.2 Å². The maximum atomic E-state index is 10.9. The van der Waals surface area contributed by atoms with E-state index in [2.05, 4.69) is 10.2 Å². The van der Waals surface area contributed by atoms with Gasteiger partial charge in [-0.2, -0.15) is 0 Å². The van der Waals surface area contributed by atoms with Crippen LogP contribution in [-0.2, 0) is 11.2 Å². The minimum Gasteiger partial charge on any atom is -0.478 e. The summed E-state index contributed by atoms with van der Waals surface area (Å²) >= 11 is 0. The molecule has 2 aromatic rings. The predicted molar refractivity (Wildman–Crippen MR) is 64.7 cm³/mol. The number of pyridine rings is 1. The van der Waals surface area contributed by atoms with Crippen molar-refractivity contribution in [3.05, 3.63) is 29.7 Å². The van der Waals surface area contributed by atoms with Crippen LogP contribution in [0.1, 0.15) is 29.5 Å². The van der Waals surface area contributed by atoms with Crippen molar-refractivity contribution in [3.8, 4) is 0 Å². The smallest absolute Gasteiger partial charge is 0.337 e. The van der Waals surface area contributed by atoms with Crippen LogP contribution >= 0.6 is 0 Å². The highest BCUT2D eigenvalue weighted by Gasteiger charge is 2.10. The number of aryl methyl sites for hydroxylation is 1. The zero-order chi connectivity index (χ0) is 13.1. The molecule has 0 saturated carbocycles. The lowest BCUT2D eigenvalue weighted by Gasteiger charge is -2.07. The van der Waals surface area contributed by atoms with E-state index in [0.29, 0.717) is 12.1 Å². The molecule has 0 aromatic carbocycles. The van der Waals surface area contributed by atoms with Crippen molar-refractivity contribution in [2.45, 2.75) is 25.9 Å². The molecule has 0 aliphatic rings. The highest BCUT2D eigenvalue weighted by Crippen LogP contribution is 2.10. The molecule has 1 atom stereocenters. The first-order valence-electron chi connectivity index (χ1n) is 5.71. The number of carboxylic acids is 1. The lowest BCUT2D eigenvalue weighted by molar-refractivity contribution is 0.0696. The molecule has 0 bridgehead atoms. The lowest BCUT2D eigenvalue weighted by atomic mass is 10.2. The van der Waals surface area contributed by atoms with Crippen LogP contribution in [0.4, 0.5) is 0 Å². The fourth-order valence-electron chi connectivity index (χ4n) is 1.69. The number of aromatic carboxylic acids is 1. The molecule has 1 N–H and O–H groups in total. The zero-order valence-electron chi connectivity index (χ0n) is 10.3. The Morgan fingerprint density at radius 1 is 1.50 bits per heavy atom. The average molecular weight is 249 g/mol. The molecular weight excluding hydrogens is 234 g/mol. The van der Waals surface area contributed by atoms with Gasteiger partial charge in [0.1, 0.15) is 5.82 Å². The van der Waals surface area contributed by atoms with Gasteiger partial charge >= 0.3 is 5.97 Å². The Labute approximate surface area is 104 Å². The minimum absolute atomic E-state index is 0.139. The average Bonchev–Trinajstić information content (AvgIpc) is 2.78. The van der Waals surface area contributed by atoms with E-state index in [4.69, 9.17) is 9.84 Å². The SMILES string of the molecule is COC(C)CCc1nnc2ccc(C(=O)O)cn12. The van der Waals surface area contributed by atoms with Crippen molar-refractivity contribution in [1.29, 1.82) is 0 Å². The number of carbonyl (C=O) groups is 1. The van der Waals surface area contributed by atoms with Gasteiger partial charge in [-0.25, -0.2) is 4.79 Å². The molecule has 96 valence electrons. The molecule has 2 aromatic heterocycles. The summed E-state index contributed by atoms with van der Waals surface area (Å²) in [4.78, 5) is 10.9. The van der Waals surface area contributed by atoms with Crippen molar-refractivity contribution in [3.63, 3.8) is 0 Å². The Bertz CT molecular complexity index is 565. The molecule has 0 aliphatic heterocycles. The van der Waals surface area contributed by atoms with Crippen LogP contribution in [0, 0.1) is 0 Å². The Kier molecular flexibility index (Phi) is 3.57. The van der Waals surface area contributed by atoms with Gasteiger partial charge in [0.25, 0.3) is 0 Å². The summed E-state index contributed by atoms with van der Waals surface area (Å²) < 4.78 is 6.89. The van der Waals surface area contributed by atoms with Gasteiger partial charge in [-0.1, -0.05) is 0 Å². The third-order valence-corrected chi connectivity index (χ3v) is 2.90. The lowest BCUT2D eigenvalue weighted by Crippen LogP contribution is -2.08. The number of aromatic nitrogens is 3. The van der Waals surface area contributed by atoms with Crippen LogP contribution in [0.5, 0.6) is 0 Å². The Morgan fingerprint density at radius 2 is 2.28 bits per heavy atom. The van der Waals surface area contributed by atoms with Gasteiger partial charge in [0.2, 0.25) is 0 Å². The number of carboxylic acid groups (broad SMARTS) is 1. The number of methoxy groups -OCH3 is 1. The number of ether oxygens (including phenoxy) is 1. The Morgan fingerprint density at radius 3 is 2.94 bits per heavy atom. The van der Waals surface area contributed by atoms with Gasteiger partial charge in [0.05, 0.1) is 11.7 Å². The van der Waals surface area contributed by atoms with Crippen molar-refractivity contribution in [2.75, 3.05) is 7.11 Å². The van der Waals surface area contributed by atoms with Crippen LogP contribution in [0.3, 0.4) is 0 Å². The normalized spacial score (nSPS) is 12.8. The van der Waals surface area contributed by atoms with Crippen molar-refractivity contribution in [1.82, 2.24) is 14.6 Å². The highest BCUT2D eigenvalue weighted by molar-refractivity contribution is 5.87. The summed E-state index contributed by atoms with van der Waals surface area (Å²) in [5, 5.41) is 17.0. The predicted octanol–water partition coefficient (Wildman–Crippen LogP) is 1.40. The number of hydrogen-bond donors (Lipinski definition) is 1. The van der Waals surface area contributed by atoms with E-state index < -0.39 is 5.97 Å². The summed E-state index contributed by atoms with van der Waals surface area (Å²) in [5.74, 6) is -0.209. The summed E-state index contributed by atoms with van der Waals surface area (Å²) in [6, 6.07) is 3.17. The Hall–Kier alpha value is -1.95. The first-order valence-corrected chi connectivity index (χ1v) is 5.71. The van der Waals surface area contributed by atoms with Gasteiger partial charge in [0.15, 0.2) is 5.65 Å². The topological polar surface area (TPSA) is 76.7 Å². The minimum atomic E-state index is -0.957. The second-order valence-corrected chi connectivity index (χ2v) is 4.15. The van der Waals surface area contributed by atoms with Crippen molar-refractivity contribution < 1.29 is 14.6 Å². The molecule has 6 heteroatoms. The van der Waals surface area contributed by atoms with E-state index in [-0.39, 0.29) is 11.7 Å². The first-order chi connectivity index (χ1) is 8.61. The molecule has 0 saturated heterocycles. The van der Waals surface area contributed by atoms with Crippen LogP contribution in [0.15, 0.2) is 18.3 Å². The number of hydrogen-bond acceptors (Lipinski definition) is 4. The fourth-order valence-corrected chi connectivity index (χ4v) is 1.69. The number of nitrogens with zero attached hydrogens (tertiary/aromatic N) is 3. The van der Waals surface area contributed by atoms with Crippen LogP contribution in [0.25, 0.3) is 5.65 Å². The van der Waals surface area contributed by atoms with Crippen molar-refractivity contribution >= 4 is 11.6 Å².